The van der Waals surface area contributed by atoms with Crippen molar-refractivity contribution in [3.8, 4) is 0 Å². The van der Waals surface area contributed by atoms with Gasteiger partial charge in [-0.1, -0.05) is 19.4 Å². The molecule has 1 fully saturated rings. The van der Waals surface area contributed by atoms with Crippen molar-refractivity contribution in [2.45, 2.75) is 26.3 Å². The molecule has 0 aromatic heterocycles. The van der Waals surface area contributed by atoms with Gasteiger partial charge in [0.15, 0.2) is 0 Å². The highest BCUT2D eigenvalue weighted by Gasteiger charge is 2.27. The van der Waals surface area contributed by atoms with Gasteiger partial charge in [-0.3, -0.25) is 0 Å². The van der Waals surface area contributed by atoms with Crippen LogP contribution in [0.3, 0.4) is 0 Å². The zero-order valence-corrected chi connectivity index (χ0v) is 9.75. The summed E-state index contributed by atoms with van der Waals surface area (Å²) in [7, 11) is 0. The third-order valence-corrected chi connectivity index (χ3v) is 3.29. The Balaban J connectivity index is 2.08. The summed E-state index contributed by atoms with van der Waals surface area (Å²) in [6.45, 7) is 4.57. The van der Waals surface area contributed by atoms with Crippen LogP contribution in [-0.2, 0) is 6.54 Å². The van der Waals surface area contributed by atoms with Gasteiger partial charge in [-0.2, -0.15) is 0 Å². The largest absolute Gasteiger partial charge is 0.370 e. The first-order valence-electron chi connectivity index (χ1n) is 5.98. The van der Waals surface area contributed by atoms with Gasteiger partial charge in [-0.15, -0.1) is 0 Å². The number of benzene rings is 1. The molecule has 0 atom stereocenters. The van der Waals surface area contributed by atoms with E-state index in [1.54, 1.807) is 6.07 Å². The molecule has 1 aromatic carbocycles. The molecular formula is C13H19FN2. The van der Waals surface area contributed by atoms with Crippen LogP contribution in [0.15, 0.2) is 18.2 Å². The highest BCUT2D eigenvalue weighted by Crippen LogP contribution is 2.30. The average Bonchev–Trinajstić information content (AvgIpc) is 2.22. The maximum Gasteiger partial charge on any atom is 0.129 e. The molecule has 2 N–H and O–H groups in total. The molecule has 2 rings (SSSR count). The Kier molecular flexibility index (Phi) is 3.44. The van der Waals surface area contributed by atoms with Gasteiger partial charge in [-0.25, -0.2) is 4.39 Å². The third kappa shape index (κ3) is 2.05. The Morgan fingerprint density at radius 3 is 2.81 bits per heavy atom. The lowest BCUT2D eigenvalue weighted by atomic mass is 9.93. The molecule has 0 bridgehead atoms. The van der Waals surface area contributed by atoms with Gasteiger partial charge < -0.3 is 10.6 Å². The van der Waals surface area contributed by atoms with Crippen LogP contribution in [0.5, 0.6) is 0 Å². The normalized spacial score (nSPS) is 16.3. The van der Waals surface area contributed by atoms with Gasteiger partial charge in [0.2, 0.25) is 0 Å². The monoisotopic (exact) mass is 222 g/mol. The quantitative estimate of drug-likeness (QED) is 0.848. The standard InChI is InChI=1S/C13H19FN2/c1-2-4-10-8-16(9-10)13-6-3-5-12(14)11(13)7-15/h3,5-6,10H,2,4,7-9,15H2,1H3. The van der Waals surface area contributed by atoms with Crippen LogP contribution in [0.4, 0.5) is 10.1 Å². The fourth-order valence-corrected chi connectivity index (χ4v) is 2.40. The zero-order chi connectivity index (χ0) is 11.5. The van der Waals surface area contributed by atoms with E-state index < -0.39 is 0 Å². The Bertz CT molecular complexity index is 359. The number of halogens is 1. The summed E-state index contributed by atoms with van der Waals surface area (Å²) >= 11 is 0. The molecule has 88 valence electrons. The second-order valence-corrected chi connectivity index (χ2v) is 4.50. The predicted molar refractivity (Wildman–Crippen MR) is 64.9 cm³/mol. The van der Waals surface area contributed by atoms with E-state index in [2.05, 4.69) is 11.8 Å². The Labute approximate surface area is 96.2 Å². The van der Waals surface area contributed by atoms with Crippen LogP contribution >= 0.6 is 0 Å². The highest BCUT2D eigenvalue weighted by atomic mass is 19.1. The molecule has 0 radical (unpaired) electrons. The minimum absolute atomic E-state index is 0.182. The van der Waals surface area contributed by atoms with E-state index in [9.17, 15) is 4.39 Å². The third-order valence-electron chi connectivity index (χ3n) is 3.29. The predicted octanol–water partition coefficient (Wildman–Crippen LogP) is 2.52. The van der Waals surface area contributed by atoms with E-state index in [0.29, 0.717) is 5.56 Å². The Hall–Kier alpha value is -1.09. The maximum absolute atomic E-state index is 13.5. The molecule has 1 saturated heterocycles. The molecule has 3 heteroatoms. The van der Waals surface area contributed by atoms with E-state index in [0.717, 1.165) is 24.7 Å². The van der Waals surface area contributed by atoms with Crippen molar-refractivity contribution in [3.05, 3.63) is 29.6 Å². The lowest BCUT2D eigenvalue weighted by Crippen LogP contribution is -2.47. The molecule has 1 aromatic rings. The van der Waals surface area contributed by atoms with Gasteiger partial charge in [-0.05, 0) is 24.5 Å². The number of hydrogen-bond donors (Lipinski definition) is 1. The summed E-state index contributed by atoms with van der Waals surface area (Å²) in [5.41, 5.74) is 7.23. The SMILES string of the molecule is CCCC1CN(c2cccc(F)c2CN)C1. The first-order valence-corrected chi connectivity index (χ1v) is 5.98. The van der Waals surface area contributed by atoms with E-state index in [1.165, 1.54) is 18.9 Å². The van der Waals surface area contributed by atoms with Crippen LogP contribution in [0, 0.1) is 11.7 Å². The van der Waals surface area contributed by atoms with Crippen LogP contribution in [0.1, 0.15) is 25.3 Å². The second kappa shape index (κ2) is 4.83. The first-order chi connectivity index (χ1) is 7.76. The fraction of sp³-hybridized carbons (Fsp3) is 0.538. The minimum atomic E-state index is -0.182. The topological polar surface area (TPSA) is 29.3 Å². The van der Waals surface area contributed by atoms with Crippen molar-refractivity contribution in [1.82, 2.24) is 0 Å². The van der Waals surface area contributed by atoms with Crippen molar-refractivity contribution >= 4 is 5.69 Å². The van der Waals surface area contributed by atoms with Gasteiger partial charge in [0.25, 0.3) is 0 Å². The van der Waals surface area contributed by atoms with Gasteiger partial charge >= 0.3 is 0 Å². The van der Waals surface area contributed by atoms with E-state index in [1.807, 2.05) is 6.07 Å². The summed E-state index contributed by atoms with van der Waals surface area (Å²) in [4.78, 5) is 2.23. The lowest BCUT2D eigenvalue weighted by molar-refractivity contribution is 0.379. The van der Waals surface area contributed by atoms with Crippen molar-refractivity contribution in [2.24, 2.45) is 11.7 Å². The molecule has 16 heavy (non-hydrogen) atoms. The van der Waals surface area contributed by atoms with Gasteiger partial charge in [0.05, 0.1) is 0 Å². The van der Waals surface area contributed by atoms with Crippen molar-refractivity contribution in [2.75, 3.05) is 18.0 Å². The average molecular weight is 222 g/mol. The Morgan fingerprint density at radius 2 is 2.19 bits per heavy atom. The minimum Gasteiger partial charge on any atom is -0.370 e. The molecule has 0 saturated carbocycles. The molecule has 1 heterocycles. The summed E-state index contributed by atoms with van der Waals surface area (Å²) in [6.07, 6.45) is 2.50. The molecule has 0 unspecified atom stereocenters. The van der Waals surface area contributed by atoms with E-state index in [-0.39, 0.29) is 12.4 Å². The number of hydrogen-bond acceptors (Lipinski definition) is 2. The van der Waals surface area contributed by atoms with Crippen LogP contribution < -0.4 is 10.6 Å². The van der Waals surface area contributed by atoms with Crippen LogP contribution in [0.25, 0.3) is 0 Å². The summed E-state index contributed by atoms with van der Waals surface area (Å²) < 4.78 is 13.5. The number of nitrogens with zero attached hydrogens (tertiary/aromatic N) is 1. The lowest BCUT2D eigenvalue weighted by Gasteiger charge is -2.42. The second-order valence-electron chi connectivity index (χ2n) is 4.50. The number of nitrogens with two attached hydrogens (primary N) is 1. The van der Waals surface area contributed by atoms with E-state index in [4.69, 9.17) is 5.73 Å². The van der Waals surface area contributed by atoms with Gasteiger partial charge in [0.1, 0.15) is 5.82 Å². The Morgan fingerprint density at radius 1 is 1.44 bits per heavy atom. The summed E-state index contributed by atoms with van der Waals surface area (Å²) in [5, 5.41) is 0. The van der Waals surface area contributed by atoms with Crippen molar-refractivity contribution < 1.29 is 4.39 Å². The first kappa shape index (κ1) is 11.4. The van der Waals surface area contributed by atoms with Crippen molar-refractivity contribution in [3.63, 3.8) is 0 Å². The van der Waals surface area contributed by atoms with Crippen LogP contribution in [0.2, 0.25) is 0 Å². The molecule has 2 nitrogen and oxygen atoms in total. The van der Waals surface area contributed by atoms with Gasteiger partial charge in [0, 0.05) is 30.9 Å². The molecule has 0 aliphatic carbocycles. The fourth-order valence-electron chi connectivity index (χ4n) is 2.40. The maximum atomic E-state index is 13.5. The molecule has 0 amide bonds. The molecule has 1 aliphatic heterocycles. The smallest absolute Gasteiger partial charge is 0.129 e. The molecule has 0 spiro atoms. The highest BCUT2D eigenvalue weighted by molar-refractivity contribution is 5.56. The number of rotatable bonds is 4. The molecular weight excluding hydrogens is 203 g/mol. The zero-order valence-electron chi connectivity index (χ0n) is 9.75. The van der Waals surface area contributed by atoms with Crippen molar-refractivity contribution in [1.29, 1.82) is 0 Å². The van der Waals surface area contributed by atoms with Crippen LogP contribution in [-0.4, -0.2) is 13.1 Å². The number of anilines is 1. The summed E-state index contributed by atoms with van der Waals surface area (Å²) in [5.74, 6) is 0.595. The van der Waals surface area contributed by atoms with E-state index >= 15 is 0 Å². The molecule has 1 aliphatic rings. The summed E-state index contributed by atoms with van der Waals surface area (Å²) in [6, 6.07) is 5.21.